The minimum absolute atomic E-state index is 0.0106. The average Bonchev–Trinajstić information content (AvgIpc) is 2.84. The molecule has 2 saturated heterocycles. The van der Waals surface area contributed by atoms with Crippen LogP contribution in [0.4, 0.5) is 8.78 Å². The Morgan fingerprint density at radius 1 is 0.971 bits per heavy atom. The van der Waals surface area contributed by atoms with Crippen LogP contribution in [0.25, 0.3) is 0 Å². The summed E-state index contributed by atoms with van der Waals surface area (Å²) < 4.78 is 61.6. The molecule has 2 aliphatic heterocycles. The zero-order valence-electron chi connectivity index (χ0n) is 19.1. The Hall–Kier alpha value is -2.52. The number of likely N-dealkylation sites (tertiary alicyclic amines) is 1. The molecular weight excluding hydrogens is 462 g/mol. The minimum atomic E-state index is -4.21. The van der Waals surface area contributed by atoms with E-state index in [4.69, 9.17) is 4.74 Å². The lowest BCUT2D eigenvalue weighted by atomic mass is 9.78. The second-order valence-corrected chi connectivity index (χ2v) is 11.1. The molecule has 0 spiro atoms. The van der Waals surface area contributed by atoms with Crippen molar-refractivity contribution in [3.63, 3.8) is 0 Å². The highest BCUT2D eigenvalue weighted by Crippen LogP contribution is 2.38. The van der Waals surface area contributed by atoms with Crippen LogP contribution in [0.3, 0.4) is 0 Å². The van der Waals surface area contributed by atoms with E-state index in [2.05, 4.69) is 0 Å². The average molecular weight is 493 g/mol. The van der Waals surface area contributed by atoms with Gasteiger partial charge in [-0.1, -0.05) is 18.2 Å². The molecule has 1 atom stereocenters. The number of carbonyl (C=O) groups is 1. The summed E-state index contributed by atoms with van der Waals surface area (Å²) in [6, 6.07) is 11.6. The molecule has 6 nitrogen and oxygen atoms in total. The fourth-order valence-corrected chi connectivity index (χ4v) is 6.47. The van der Waals surface area contributed by atoms with Crippen molar-refractivity contribution in [1.82, 2.24) is 9.21 Å². The van der Waals surface area contributed by atoms with Crippen molar-refractivity contribution in [3.05, 3.63) is 60.2 Å². The van der Waals surface area contributed by atoms with Gasteiger partial charge in [-0.05, 0) is 56.4 Å². The molecule has 0 bridgehead atoms. The van der Waals surface area contributed by atoms with E-state index in [9.17, 15) is 22.0 Å². The molecule has 0 aliphatic carbocycles. The van der Waals surface area contributed by atoms with E-state index in [-0.39, 0.29) is 32.0 Å². The van der Waals surface area contributed by atoms with Gasteiger partial charge in [0.2, 0.25) is 15.9 Å². The topological polar surface area (TPSA) is 66.9 Å². The zero-order chi connectivity index (χ0) is 24.2. The lowest BCUT2D eigenvalue weighted by molar-refractivity contribution is -0.136. The first-order valence-corrected chi connectivity index (χ1v) is 13.1. The SMILES string of the molecule is O=C(C[C@]1(COc2ccccc2)CCCN(S(=O)(=O)c2ccc(F)cc2F)C1)N1CCCCC1. The molecule has 2 aromatic carbocycles. The Morgan fingerprint density at radius 3 is 2.41 bits per heavy atom. The highest BCUT2D eigenvalue weighted by molar-refractivity contribution is 7.89. The lowest BCUT2D eigenvalue weighted by Crippen LogP contribution is -2.51. The fraction of sp³-hybridized carbons (Fsp3) is 0.480. The Bertz CT molecular complexity index is 1110. The molecule has 2 aromatic rings. The molecule has 4 rings (SSSR count). The van der Waals surface area contributed by atoms with E-state index in [1.807, 2.05) is 35.2 Å². The third-order valence-electron chi connectivity index (χ3n) is 6.66. The predicted molar refractivity (Wildman–Crippen MR) is 124 cm³/mol. The standard InChI is InChI=1S/C25H30F2N2O4S/c26-20-10-11-23(22(27)16-20)34(31,32)29-15-7-12-25(18-29,19-33-21-8-3-1-4-9-21)17-24(30)28-13-5-2-6-14-28/h1,3-4,8-11,16H,2,5-7,12-15,17-19H2/t25-/m1/s1. The Balaban J connectivity index is 1.59. The molecule has 9 heteroatoms. The number of hydrogen-bond donors (Lipinski definition) is 0. The van der Waals surface area contributed by atoms with Gasteiger partial charge in [-0.25, -0.2) is 17.2 Å². The van der Waals surface area contributed by atoms with Crippen LogP contribution in [0.5, 0.6) is 5.75 Å². The number of piperidine rings is 2. The number of hydrogen-bond acceptors (Lipinski definition) is 4. The minimum Gasteiger partial charge on any atom is -0.493 e. The third kappa shape index (κ3) is 5.58. The summed E-state index contributed by atoms with van der Waals surface area (Å²) in [5, 5.41) is 0. The maximum atomic E-state index is 14.4. The number of amides is 1. The van der Waals surface area contributed by atoms with Crippen LogP contribution in [-0.2, 0) is 14.8 Å². The van der Waals surface area contributed by atoms with Gasteiger partial charge in [0.1, 0.15) is 22.3 Å². The van der Waals surface area contributed by atoms with Crippen LogP contribution >= 0.6 is 0 Å². The van der Waals surface area contributed by atoms with Gasteiger partial charge < -0.3 is 9.64 Å². The van der Waals surface area contributed by atoms with E-state index in [1.165, 1.54) is 4.31 Å². The van der Waals surface area contributed by atoms with Gasteiger partial charge in [0.05, 0.1) is 6.61 Å². The summed E-state index contributed by atoms with van der Waals surface area (Å²) in [5.74, 6) is -1.34. The Labute approximate surface area is 199 Å². The molecule has 0 unspecified atom stereocenters. The molecule has 0 saturated carbocycles. The summed E-state index contributed by atoms with van der Waals surface area (Å²) in [5.41, 5.74) is -0.758. The van der Waals surface area contributed by atoms with Gasteiger partial charge in [-0.2, -0.15) is 4.31 Å². The van der Waals surface area contributed by atoms with Crippen LogP contribution in [0.15, 0.2) is 53.4 Å². The normalized spacial score (nSPS) is 21.9. The molecular formula is C25H30F2N2O4S. The van der Waals surface area contributed by atoms with Crippen molar-refractivity contribution in [2.45, 2.75) is 43.4 Å². The number of benzene rings is 2. The maximum absolute atomic E-state index is 14.4. The Morgan fingerprint density at radius 2 is 1.71 bits per heavy atom. The number of nitrogens with zero attached hydrogens (tertiary/aromatic N) is 2. The fourth-order valence-electron chi connectivity index (χ4n) is 4.83. The van der Waals surface area contributed by atoms with Crippen molar-refractivity contribution in [2.75, 3.05) is 32.8 Å². The quantitative estimate of drug-likeness (QED) is 0.581. The summed E-state index contributed by atoms with van der Waals surface area (Å²) in [6.45, 7) is 1.80. The number of ether oxygens (including phenoxy) is 1. The van der Waals surface area contributed by atoms with Gasteiger partial charge in [0.25, 0.3) is 0 Å². The summed E-state index contributed by atoms with van der Waals surface area (Å²) in [4.78, 5) is 14.5. The van der Waals surface area contributed by atoms with E-state index < -0.39 is 32.0 Å². The largest absolute Gasteiger partial charge is 0.493 e. The molecule has 2 aliphatic rings. The van der Waals surface area contributed by atoms with Crippen molar-refractivity contribution >= 4 is 15.9 Å². The van der Waals surface area contributed by atoms with Crippen LogP contribution in [0.1, 0.15) is 38.5 Å². The first-order chi connectivity index (χ1) is 16.3. The number of rotatable bonds is 7. The third-order valence-corrected chi connectivity index (χ3v) is 8.54. The van der Waals surface area contributed by atoms with Crippen molar-refractivity contribution in [1.29, 1.82) is 0 Å². The van der Waals surface area contributed by atoms with Crippen molar-refractivity contribution in [2.24, 2.45) is 5.41 Å². The number of para-hydroxylation sites is 1. The summed E-state index contributed by atoms with van der Waals surface area (Å²) in [7, 11) is -4.21. The second kappa shape index (κ2) is 10.4. The van der Waals surface area contributed by atoms with E-state index >= 15 is 0 Å². The monoisotopic (exact) mass is 492 g/mol. The molecule has 34 heavy (non-hydrogen) atoms. The molecule has 0 N–H and O–H groups in total. The molecule has 2 heterocycles. The molecule has 1 amide bonds. The first kappa shape index (κ1) is 24.6. The Kier molecular flexibility index (Phi) is 7.52. The highest BCUT2D eigenvalue weighted by Gasteiger charge is 2.43. The first-order valence-electron chi connectivity index (χ1n) is 11.7. The van der Waals surface area contributed by atoms with Crippen molar-refractivity contribution < 1.29 is 26.7 Å². The van der Waals surface area contributed by atoms with E-state index in [0.717, 1.165) is 31.4 Å². The van der Waals surface area contributed by atoms with Crippen LogP contribution < -0.4 is 4.74 Å². The van der Waals surface area contributed by atoms with Crippen LogP contribution in [-0.4, -0.2) is 56.3 Å². The van der Waals surface area contributed by atoms with Crippen LogP contribution in [0.2, 0.25) is 0 Å². The van der Waals surface area contributed by atoms with Gasteiger partial charge in [-0.15, -0.1) is 0 Å². The van der Waals surface area contributed by atoms with E-state index in [0.29, 0.717) is 37.7 Å². The molecule has 184 valence electrons. The predicted octanol–water partition coefficient (Wildman–Crippen LogP) is 4.22. The van der Waals surface area contributed by atoms with Gasteiger partial charge in [0, 0.05) is 44.1 Å². The number of carbonyl (C=O) groups excluding carboxylic acids is 1. The van der Waals surface area contributed by atoms with Gasteiger partial charge >= 0.3 is 0 Å². The summed E-state index contributed by atoms with van der Waals surface area (Å²) >= 11 is 0. The second-order valence-electron chi connectivity index (χ2n) is 9.24. The smallest absolute Gasteiger partial charge is 0.246 e. The maximum Gasteiger partial charge on any atom is 0.246 e. The lowest BCUT2D eigenvalue weighted by Gasteiger charge is -2.42. The van der Waals surface area contributed by atoms with E-state index in [1.54, 1.807) is 0 Å². The molecule has 2 fully saturated rings. The zero-order valence-corrected chi connectivity index (χ0v) is 19.9. The number of sulfonamides is 1. The molecule has 0 radical (unpaired) electrons. The summed E-state index contributed by atoms with van der Waals surface area (Å²) in [6.07, 6.45) is 4.29. The van der Waals surface area contributed by atoms with Crippen LogP contribution in [0, 0.1) is 17.0 Å². The highest BCUT2D eigenvalue weighted by atomic mass is 32.2. The van der Waals surface area contributed by atoms with Crippen molar-refractivity contribution in [3.8, 4) is 5.75 Å². The van der Waals surface area contributed by atoms with Gasteiger partial charge in [0.15, 0.2) is 0 Å². The molecule has 0 aromatic heterocycles. The van der Waals surface area contributed by atoms with Gasteiger partial charge in [-0.3, -0.25) is 4.79 Å². The number of halogens is 2.